The Bertz CT molecular complexity index is 1220. The molecule has 1 aromatic heterocycles. The molecule has 0 radical (unpaired) electrons. The molecule has 1 saturated heterocycles. The van der Waals surface area contributed by atoms with E-state index in [-0.39, 0.29) is 6.10 Å². The molecule has 0 bridgehead atoms. The van der Waals surface area contributed by atoms with Crippen LogP contribution in [0.2, 0.25) is 0 Å². The summed E-state index contributed by atoms with van der Waals surface area (Å²) in [5, 5.41) is 9.12. The van der Waals surface area contributed by atoms with Gasteiger partial charge in [-0.15, -0.1) is 0 Å². The van der Waals surface area contributed by atoms with Crippen LogP contribution in [0.25, 0.3) is 11.1 Å². The fourth-order valence-electron chi connectivity index (χ4n) is 4.86. The van der Waals surface area contributed by atoms with E-state index in [0.717, 1.165) is 5.56 Å². The molecule has 8 heteroatoms. The van der Waals surface area contributed by atoms with Gasteiger partial charge in [-0.2, -0.15) is 0 Å². The smallest absolute Gasteiger partial charge is 0.407 e. The Balaban J connectivity index is 1.42. The summed E-state index contributed by atoms with van der Waals surface area (Å²) < 4.78 is 18.1. The second kappa shape index (κ2) is 8.04. The Labute approximate surface area is 197 Å². The van der Waals surface area contributed by atoms with Gasteiger partial charge < -0.3 is 23.9 Å². The number of nitrogens with zero attached hydrogens (tertiary/aromatic N) is 2. The SMILES string of the molecule is CC(C)(C)C1(c2nc3ccccc3o2)Cc2ccc(OC3CCN(C(=O)O)CC3)cc2OC1=O. The van der Waals surface area contributed by atoms with E-state index in [1.165, 1.54) is 4.90 Å². The van der Waals surface area contributed by atoms with Crippen LogP contribution >= 0.6 is 0 Å². The molecule has 8 nitrogen and oxygen atoms in total. The fraction of sp³-hybridized carbons (Fsp3) is 0.423. The molecule has 2 aliphatic heterocycles. The molecule has 1 atom stereocenters. The van der Waals surface area contributed by atoms with E-state index >= 15 is 0 Å². The van der Waals surface area contributed by atoms with Crippen LogP contribution in [0.5, 0.6) is 11.5 Å². The topological polar surface area (TPSA) is 102 Å². The molecule has 2 aromatic carbocycles. The number of ether oxygens (including phenoxy) is 2. The van der Waals surface area contributed by atoms with Crippen LogP contribution in [0.4, 0.5) is 4.79 Å². The van der Waals surface area contributed by atoms with Gasteiger partial charge in [0, 0.05) is 38.4 Å². The zero-order chi connectivity index (χ0) is 24.1. The minimum atomic E-state index is -1.08. The lowest BCUT2D eigenvalue weighted by Gasteiger charge is -2.42. The summed E-state index contributed by atoms with van der Waals surface area (Å²) in [4.78, 5) is 30.8. The lowest BCUT2D eigenvalue weighted by molar-refractivity contribution is -0.148. The van der Waals surface area contributed by atoms with Crippen molar-refractivity contribution in [2.75, 3.05) is 13.1 Å². The molecular formula is C26H28N2O6. The van der Waals surface area contributed by atoms with Crippen molar-refractivity contribution >= 4 is 23.2 Å². The van der Waals surface area contributed by atoms with Crippen LogP contribution in [-0.2, 0) is 16.6 Å². The number of carbonyl (C=O) groups is 2. The lowest BCUT2D eigenvalue weighted by atomic mass is 9.62. The van der Waals surface area contributed by atoms with Gasteiger partial charge in [-0.05, 0) is 29.2 Å². The van der Waals surface area contributed by atoms with Crippen molar-refractivity contribution in [2.24, 2.45) is 5.41 Å². The minimum absolute atomic E-state index is 0.0821. The van der Waals surface area contributed by atoms with Gasteiger partial charge in [-0.3, -0.25) is 4.79 Å². The molecule has 5 rings (SSSR count). The number of likely N-dealkylation sites (tertiary alicyclic amines) is 1. The van der Waals surface area contributed by atoms with Crippen molar-refractivity contribution in [1.82, 2.24) is 9.88 Å². The lowest BCUT2D eigenvalue weighted by Crippen LogP contribution is -2.53. The van der Waals surface area contributed by atoms with E-state index in [4.69, 9.17) is 19.0 Å². The molecule has 2 aliphatic rings. The van der Waals surface area contributed by atoms with E-state index < -0.39 is 22.9 Å². The first-order valence-corrected chi connectivity index (χ1v) is 11.5. The van der Waals surface area contributed by atoms with Crippen LogP contribution in [-0.4, -0.2) is 46.2 Å². The average molecular weight is 465 g/mol. The second-order valence-electron chi connectivity index (χ2n) is 10.1. The molecule has 1 unspecified atom stereocenters. The van der Waals surface area contributed by atoms with Crippen molar-refractivity contribution in [3.63, 3.8) is 0 Å². The zero-order valence-corrected chi connectivity index (χ0v) is 19.5. The number of hydrogen-bond donors (Lipinski definition) is 1. The highest BCUT2D eigenvalue weighted by Gasteiger charge is 2.57. The Morgan fingerprint density at radius 3 is 2.59 bits per heavy atom. The first-order valence-electron chi connectivity index (χ1n) is 11.5. The maximum Gasteiger partial charge on any atom is 0.407 e. The maximum atomic E-state index is 13.6. The van der Waals surface area contributed by atoms with Gasteiger partial charge in [-0.1, -0.05) is 39.0 Å². The van der Waals surface area contributed by atoms with Crippen LogP contribution in [0.15, 0.2) is 46.9 Å². The number of esters is 1. The molecule has 0 spiro atoms. The van der Waals surface area contributed by atoms with E-state index in [1.807, 2.05) is 57.2 Å². The first kappa shape index (κ1) is 22.3. The molecule has 1 amide bonds. The molecule has 0 saturated carbocycles. The Hall–Kier alpha value is -3.55. The van der Waals surface area contributed by atoms with Gasteiger partial charge in [0.05, 0.1) is 0 Å². The largest absolute Gasteiger partial charge is 0.490 e. The highest BCUT2D eigenvalue weighted by atomic mass is 16.5. The van der Waals surface area contributed by atoms with Crippen molar-refractivity contribution in [3.05, 3.63) is 53.9 Å². The quantitative estimate of drug-likeness (QED) is 0.439. The van der Waals surface area contributed by atoms with E-state index in [2.05, 4.69) is 4.98 Å². The summed E-state index contributed by atoms with van der Waals surface area (Å²) in [6.45, 7) is 6.87. The van der Waals surface area contributed by atoms with Crippen molar-refractivity contribution in [2.45, 2.75) is 51.6 Å². The maximum absolute atomic E-state index is 13.6. The number of hydrogen-bond acceptors (Lipinski definition) is 6. The molecule has 178 valence electrons. The van der Waals surface area contributed by atoms with E-state index in [9.17, 15) is 9.59 Å². The summed E-state index contributed by atoms with van der Waals surface area (Å²) in [5.74, 6) is 1.04. The highest BCUT2D eigenvalue weighted by molar-refractivity contribution is 5.88. The van der Waals surface area contributed by atoms with Crippen molar-refractivity contribution in [1.29, 1.82) is 0 Å². The molecule has 3 aromatic rings. The van der Waals surface area contributed by atoms with E-state index in [0.29, 0.717) is 60.8 Å². The van der Waals surface area contributed by atoms with Gasteiger partial charge in [-0.25, -0.2) is 9.78 Å². The standard InChI is InChI=1S/C26H28N2O6/c1-25(2,3)26(22-27-19-6-4-5-7-20(19)33-22)15-16-8-9-18(14-21(16)34-23(26)29)32-17-10-12-28(13-11-17)24(30)31/h4-9,14,17H,10-13,15H2,1-3H3,(H,30,31). The minimum Gasteiger partial charge on any atom is -0.490 e. The van der Waals surface area contributed by atoms with Crippen LogP contribution in [0.3, 0.4) is 0 Å². The predicted molar refractivity (Wildman–Crippen MR) is 124 cm³/mol. The second-order valence-corrected chi connectivity index (χ2v) is 10.1. The number of carbonyl (C=O) groups excluding carboxylic acids is 1. The normalized spacial score (nSPS) is 21.3. The summed E-state index contributed by atoms with van der Waals surface area (Å²) in [6, 6.07) is 13.0. The number of amides is 1. The average Bonchev–Trinajstić information content (AvgIpc) is 3.22. The number of rotatable bonds is 3. The van der Waals surface area contributed by atoms with Crippen LogP contribution < -0.4 is 9.47 Å². The molecule has 1 N–H and O–H groups in total. The Morgan fingerprint density at radius 1 is 1.18 bits per heavy atom. The number of para-hydroxylation sites is 2. The highest BCUT2D eigenvalue weighted by Crippen LogP contribution is 2.50. The van der Waals surface area contributed by atoms with Crippen LogP contribution in [0, 0.1) is 5.41 Å². The monoisotopic (exact) mass is 464 g/mol. The van der Waals surface area contributed by atoms with E-state index in [1.54, 1.807) is 6.07 Å². The third kappa shape index (κ3) is 3.67. The molecule has 1 fully saturated rings. The summed E-state index contributed by atoms with van der Waals surface area (Å²) in [6.07, 6.45) is 0.651. The Kier molecular flexibility index (Phi) is 5.26. The summed E-state index contributed by atoms with van der Waals surface area (Å²) in [7, 11) is 0. The number of aromatic nitrogens is 1. The molecular weight excluding hydrogens is 436 g/mol. The number of piperidine rings is 1. The van der Waals surface area contributed by atoms with Gasteiger partial charge >= 0.3 is 12.1 Å². The molecule has 3 heterocycles. The van der Waals surface area contributed by atoms with Gasteiger partial charge in [0.2, 0.25) is 5.89 Å². The van der Waals surface area contributed by atoms with Crippen molar-refractivity contribution in [3.8, 4) is 11.5 Å². The first-order chi connectivity index (χ1) is 16.2. The number of benzene rings is 2. The third-order valence-electron chi connectivity index (χ3n) is 7.00. The zero-order valence-electron chi connectivity index (χ0n) is 19.5. The number of carboxylic acid groups (broad SMARTS) is 1. The van der Waals surface area contributed by atoms with Crippen LogP contribution in [0.1, 0.15) is 45.1 Å². The van der Waals surface area contributed by atoms with Gasteiger partial charge in [0.1, 0.15) is 23.1 Å². The Morgan fingerprint density at radius 2 is 1.91 bits per heavy atom. The summed E-state index contributed by atoms with van der Waals surface area (Å²) in [5.41, 5.74) is 0.626. The van der Waals surface area contributed by atoms with Crippen molar-refractivity contribution < 1.29 is 28.6 Å². The molecule has 34 heavy (non-hydrogen) atoms. The fourth-order valence-corrected chi connectivity index (χ4v) is 4.86. The summed E-state index contributed by atoms with van der Waals surface area (Å²) >= 11 is 0. The molecule has 0 aliphatic carbocycles. The number of fused-ring (bicyclic) bond motifs is 2. The predicted octanol–water partition coefficient (Wildman–Crippen LogP) is 4.79. The number of oxazole rings is 1. The van der Waals surface area contributed by atoms with Gasteiger partial charge in [0.15, 0.2) is 11.0 Å². The van der Waals surface area contributed by atoms with Gasteiger partial charge in [0.25, 0.3) is 0 Å². The third-order valence-corrected chi connectivity index (χ3v) is 7.00.